The molecular formula is C19H25NO. The van der Waals surface area contributed by atoms with Crippen LogP contribution in [0.5, 0.6) is 0 Å². The average Bonchev–Trinajstić information content (AvgIpc) is 2.53. The van der Waals surface area contributed by atoms with Gasteiger partial charge >= 0.3 is 0 Å². The highest BCUT2D eigenvalue weighted by Gasteiger charge is 2.36. The van der Waals surface area contributed by atoms with Crippen LogP contribution in [-0.2, 0) is 16.8 Å². The first-order valence-corrected chi connectivity index (χ1v) is 7.59. The maximum atomic E-state index is 6.09. The molecule has 2 aromatic carbocycles. The smallest absolute Gasteiger partial charge is 0.119 e. The molecule has 2 heteroatoms. The third kappa shape index (κ3) is 2.87. The van der Waals surface area contributed by atoms with Crippen LogP contribution >= 0.6 is 0 Å². The molecule has 0 aliphatic rings. The Kier molecular flexibility index (Phi) is 5.16. The molecule has 0 aromatic heterocycles. The SMILES string of the molecule is CCc1ccccc1C(CCN)(OC)c1ccccc1C. The summed E-state index contributed by atoms with van der Waals surface area (Å²) in [5.41, 5.74) is 10.5. The van der Waals surface area contributed by atoms with Gasteiger partial charge in [-0.1, -0.05) is 55.5 Å². The number of methoxy groups -OCH3 is 1. The summed E-state index contributed by atoms with van der Waals surface area (Å²) in [6.07, 6.45) is 1.75. The number of rotatable bonds is 6. The van der Waals surface area contributed by atoms with Crippen molar-refractivity contribution in [3.8, 4) is 0 Å². The molecule has 0 saturated heterocycles. The van der Waals surface area contributed by atoms with Gasteiger partial charge in [0.2, 0.25) is 0 Å². The Bertz CT molecular complexity index is 594. The first-order valence-electron chi connectivity index (χ1n) is 7.59. The van der Waals surface area contributed by atoms with Crippen molar-refractivity contribution in [2.24, 2.45) is 5.73 Å². The predicted octanol–water partition coefficient (Wildman–Crippen LogP) is 3.80. The van der Waals surface area contributed by atoms with Crippen LogP contribution in [0.25, 0.3) is 0 Å². The number of nitrogens with two attached hydrogens (primary N) is 1. The van der Waals surface area contributed by atoms with E-state index in [1.807, 2.05) is 0 Å². The Morgan fingerprint density at radius 2 is 1.62 bits per heavy atom. The normalized spacial score (nSPS) is 13.9. The fourth-order valence-corrected chi connectivity index (χ4v) is 3.19. The minimum Gasteiger partial charge on any atom is -0.369 e. The molecule has 0 radical (unpaired) electrons. The molecule has 21 heavy (non-hydrogen) atoms. The van der Waals surface area contributed by atoms with Crippen LogP contribution in [0.4, 0.5) is 0 Å². The summed E-state index contributed by atoms with van der Waals surface area (Å²) in [7, 11) is 1.79. The largest absolute Gasteiger partial charge is 0.369 e. The molecule has 1 unspecified atom stereocenters. The van der Waals surface area contributed by atoms with Crippen molar-refractivity contribution in [2.75, 3.05) is 13.7 Å². The van der Waals surface area contributed by atoms with Gasteiger partial charge in [0.1, 0.15) is 5.60 Å². The molecule has 0 heterocycles. The Morgan fingerprint density at radius 1 is 1.00 bits per heavy atom. The topological polar surface area (TPSA) is 35.2 Å². The molecular weight excluding hydrogens is 258 g/mol. The van der Waals surface area contributed by atoms with Gasteiger partial charge in [0, 0.05) is 7.11 Å². The molecule has 0 aliphatic heterocycles. The molecule has 0 saturated carbocycles. The van der Waals surface area contributed by atoms with E-state index in [9.17, 15) is 0 Å². The van der Waals surface area contributed by atoms with E-state index in [-0.39, 0.29) is 0 Å². The van der Waals surface area contributed by atoms with E-state index in [2.05, 4.69) is 62.4 Å². The fourth-order valence-electron chi connectivity index (χ4n) is 3.19. The fraction of sp³-hybridized carbons (Fsp3) is 0.368. The zero-order valence-electron chi connectivity index (χ0n) is 13.2. The van der Waals surface area contributed by atoms with Gasteiger partial charge in [-0.25, -0.2) is 0 Å². The minimum atomic E-state index is -0.466. The quantitative estimate of drug-likeness (QED) is 0.875. The zero-order chi connectivity index (χ0) is 15.3. The predicted molar refractivity (Wildman–Crippen MR) is 88.5 cm³/mol. The van der Waals surface area contributed by atoms with Crippen molar-refractivity contribution in [2.45, 2.75) is 32.3 Å². The van der Waals surface area contributed by atoms with Gasteiger partial charge in [-0.3, -0.25) is 0 Å². The molecule has 2 N–H and O–H groups in total. The van der Waals surface area contributed by atoms with E-state index in [4.69, 9.17) is 10.5 Å². The van der Waals surface area contributed by atoms with Crippen LogP contribution < -0.4 is 5.73 Å². The molecule has 2 aromatic rings. The summed E-state index contributed by atoms with van der Waals surface area (Å²) in [5.74, 6) is 0. The average molecular weight is 283 g/mol. The highest BCUT2D eigenvalue weighted by molar-refractivity contribution is 5.44. The number of hydrogen-bond donors (Lipinski definition) is 1. The lowest BCUT2D eigenvalue weighted by atomic mass is 9.78. The molecule has 0 fully saturated rings. The van der Waals surface area contributed by atoms with Crippen LogP contribution in [0.2, 0.25) is 0 Å². The van der Waals surface area contributed by atoms with E-state index in [0.29, 0.717) is 6.54 Å². The number of hydrogen-bond acceptors (Lipinski definition) is 2. The first kappa shape index (κ1) is 15.7. The van der Waals surface area contributed by atoms with Crippen molar-refractivity contribution in [1.82, 2.24) is 0 Å². The van der Waals surface area contributed by atoms with Crippen molar-refractivity contribution < 1.29 is 4.74 Å². The standard InChI is InChI=1S/C19H25NO/c1-4-16-10-6-8-12-18(16)19(21-3,13-14-20)17-11-7-5-9-15(17)2/h5-12H,4,13-14,20H2,1-3H3. The molecule has 2 rings (SSSR count). The van der Waals surface area contributed by atoms with Crippen molar-refractivity contribution in [3.05, 3.63) is 70.8 Å². The van der Waals surface area contributed by atoms with Crippen LogP contribution in [0.1, 0.15) is 35.6 Å². The van der Waals surface area contributed by atoms with E-state index < -0.39 is 5.60 Å². The lowest BCUT2D eigenvalue weighted by Gasteiger charge is -2.36. The lowest BCUT2D eigenvalue weighted by Crippen LogP contribution is -2.34. The summed E-state index contributed by atoms with van der Waals surface area (Å²) in [6, 6.07) is 16.9. The number of ether oxygens (including phenoxy) is 1. The third-order valence-corrected chi connectivity index (χ3v) is 4.26. The second-order valence-electron chi connectivity index (χ2n) is 5.40. The Balaban J connectivity index is 2.70. The maximum absolute atomic E-state index is 6.09. The molecule has 0 spiro atoms. The van der Waals surface area contributed by atoms with Gasteiger partial charge in [0.25, 0.3) is 0 Å². The zero-order valence-corrected chi connectivity index (χ0v) is 13.2. The van der Waals surface area contributed by atoms with Gasteiger partial charge in [0.05, 0.1) is 0 Å². The molecule has 112 valence electrons. The van der Waals surface area contributed by atoms with Gasteiger partial charge in [-0.05, 0) is 48.6 Å². The Labute approximate surface area is 127 Å². The van der Waals surface area contributed by atoms with Gasteiger partial charge < -0.3 is 10.5 Å². The van der Waals surface area contributed by atoms with Crippen molar-refractivity contribution >= 4 is 0 Å². The molecule has 1 atom stereocenters. The maximum Gasteiger partial charge on any atom is 0.119 e. The molecule has 2 nitrogen and oxygen atoms in total. The van der Waals surface area contributed by atoms with Crippen LogP contribution in [0, 0.1) is 6.92 Å². The summed E-state index contributed by atoms with van der Waals surface area (Å²) < 4.78 is 6.09. The van der Waals surface area contributed by atoms with Gasteiger partial charge in [-0.15, -0.1) is 0 Å². The van der Waals surface area contributed by atoms with E-state index >= 15 is 0 Å². The second-order valence-corrected chi connectivity index (χ2v) is 5.40. The summed E-state index contributed by atoms with van der Waals surface area (Å²) in [6.45, 7) is 4.90. The lowest BCUT2D eigenvalue weighted by molar-refractivity contribution is 0.0153. The van der Waals surface area contributed by atoms with Gasteiger partial charge in [0.15, 0.2) is 0 Å². The van der Waals surface area contributed by atoms with E-state index in [1.165, 1.54) is 22.3 Å². The van der Waals surface area contributed by atoms with Crippen molar-refractivity contribution in [1.29, 1.82) is 0 Å². The second kappa shape index (κ2) is 6.88. The summed E-state index contributed by atoms with van der Waals surface area (Å²) >= 11 is 0. The Hall–Kier alpha value is -1.64. The molecule has 0 aliphatic carbocycles. The number of aryl methyl sites for hydroxylation is 2. The van der Waals surface area contributed by atoms with E-state index in [0.717, 1.165) is 12.8 Å². The number of benzene rings is 2. The van der Waals surface area contributed by atoms with Crippen LogP contribution in [-0.4, -0.2) is 13.7 Å². The minimum absolute atomic E-state index is 0.466. The van der Waals surface area contributed by atoms with E-state index in [1.54, 1.807) is 7.11 Å². The third-order valence-electron chi connectivity index (χ3n) is 4.26. The van der Waals surface area contributed by atoms with Crippen LogP contribution in [0.15, 0.2) is 48.5 Å². The highest BCUT2D eigenvalue weighted by atomic mass is 16.5. The monoisotopic (exact) mass is 283 g/mol. The van der Waals surface area contributed by atoms with Crippen molar-refractivity contribution in [3.63, 3.8) is 0 Å². The molecule has 0 bridgehead atoms. The summed E-state index contributed by atoms with van der Waals surface area (Å²) in [5, 5.41) is 0. The van der Waals surface area contributed by atoms with Gasteiger partial charge in [-0.2, -0.15) is 0 Å². The summed E-state index contributed by atoms with van der Waals surface area (Å²) in [4.78, 5) is 0. The Morgan fingerprint density at radius 3 is 2.19 bits per heavy atom. The first-order chi connectivity index (χ1) is 10.2. The molecule has 0 amide bonds. The highest BCUT2D eigenvalue weighted by Crippen LogP contribution is 2.39. The van der Waals surface area contributed by atoms with Crippen LogP contribution in [0.3, 0.4) is 0 Å².